The summed E-state index contributed by atoms with van der Waals surface area (Å²) in [7, 11) is 0. The fraction of sp³-hybridized carbons (Fsp3) is 0.0476. The van der Waals surface area contributed by atoms with Gasteiger partial charge in [-0.1, -0.05) is 66.2 Å². The molecule has 0 unspecified atom stereocenters. The summed E-state index contributed by atoms with van der Waals surface area (Å²) in [6, 6.07) is 27.9. The van der Waals surface area contributed by atoms with Crippen LogP contribution in [0.25, 0.3) is 33.3 Å². The summed E-state index contributed by atoms with van der Waals surface area (Å²) in [5.41, 5.74) is 7.36. The number of benzene rings is 3. The maximum atomic E-state index is 3.50. The summed E-state index contributed by atoms with van der Waals surface area (Å²) in [5, 5.41) is 1.27. The van der Waals surface area contributed by atoms with Gasteiger partial charge in [0.1, 0.15) is 0 Å². The topological polar surface area (TPSA) is 15.8 Å². The third-order valence-electron chi connectivity index (χ3n) is 4.08. The lowest BCUT2D eigenvalue weighted by Gasteiger charge is -2.03. The van der Waals surface area contributed by atoms with Gasteiger partial charge in [-0.25, -0.2) is 0 Å². The minimum atomic E-state index is 1.17. The Balaban J connectivity index is 1.73. The van der Waals surface area contributed by atoms with Gasteiger partial charge in [0, 0.05) is 16.6 Å². The molecule has 1 N–H and O–H groups in total. The van der Waals surface area contributed by atoms with E-state index in [9.17, 15) is 0 Å². The van der Waals surface area contributed by atoms with Gasteiger partial charge in [0.05, 0.1) is 0 Å². The van der Waals surface area contributed by atoms with Crippen LogP contribution in [0.15, 0.2) is 78.9 Å². The van der Waals surface area contributed by atoms with Crippen LogP contribution in [-0.2, 0) is 0 Å². The SMILES string of the molecule is Cc1ccc2[nH]c(-c3ccc(-c4ccccc4)cc3)cc2c1. The van der Waals surface area contributed by atoms with Crippen LogP contribution in [0.5, 0.6) is 0 Å². The lowest BCUT2D eigenvalue weighted by atomic mass is 10.0. The Morgan fingerprint density at radius 3 is 2.09 bits per heavy atom. The molecule has 4 rings (SSSR count). The lowest BCUT2D eigenvalue weighted by Crippen LogP contribution is -1.79. The van der Waals surface area contributed by atoms with Crippen LogP contribution in [0.4, 0.5) is 0 Å². The standard InChI is InChI=1S/C21H17N/c1-15-7-12-20-19(13-15)14-21(22-20)18-10-8-17(9-11-18)16-5-3-2-4-6-16/h2-14,22H,1H3. The summed E-state index contributed by atoms with van der Waals surface area (Å²) in [5.74, 6) is 0. The number of aromatic nitrogens is 1. The van der Waals surface area contributed by atoms with Crippen molar-refractivity contribution in [2.75, 3.05) is 0 Å². The van der Waals surface area contributed by atoms with E-state index >= 15 is 0 Å². The van der Waals surface area contributed by atoms with Crippen molar-refractivity contribution in [1.82, 2.24) is 4.98 Å². The van der Waals surface area contributed by atoms with Gasteiger partial charge in [-0.05, 0) is 41.8 Å². The van der Waals surface area contributed by atoms with Gasteiger partial charge in [0.25, 0.3) is 0 Å². The molecular formula is C21H17N. The largest absolute Gasteiger partial charge is 0.355 e. The van der Waals surface area contributed by atoms with Crippen molar-refractivity contribution in [2.45, 2.75) is 6.92 Å². The van der Waals surface area contributed by atoms with Crippen molar-refractivity contribution in [3.05, 3.63) is 84.4 Å². The van der Waals surface area contributed by atoms with E-state index in [1.54, 1.807) is 0 Å². The zero-order valence-electron chi connectivity index (χ0n) is 12.5. The summed E-state index contributed by atoms with van der Waals surface area (Å²) in [4.78, 5) is 3.50. The van der Waals surface area contributed by atoms with Crippen LogP contribution in [0.3, 0.4) is 0 Å². The Morgan fingerprint density at radius 1 is 0.636 bits per heavy atom. The number of hydrogen-bond acceptors (Lipinski definition) is 0. The normalized spacial score (nSPS) is 11.0. The number of hydrogen-bond donors (Lipinski definition) is 1. The van der Waals surface area contributed by atoms with Gasteiger partial charge in [0.2, 0.25) is 0 Å². The smallest absolute Gasteiger partial charge is 0.0464 e. The third kappa shape index (κ3) is 2.31. The number of nitrogens with one attached hydrogen (secondary N) is 1. The Morgan fingerprint density at radius 2 is 1.32 bits per heavy atom. The molecule has 0 aliphatic heterocycles. The van der Waals surface area contributed by atoms with E-state index in [0.717, 1.165) is 0 Å². The van der Waals surface area contributed by atoms with E-state index < -0.39 is 0 Å². The van der Waals surface area contributed by atoms with Crippen molar-refractivity contribution >= 4 is 10.9 Å². The van der Waals surface area contributed by atoms with Crippen LogP contribution >= 0.6 is 0 Å². The van der Waals surface area contributed by atoms with Crippen LogP contribution in [-0.4, -0.2) is 4.98 Å². The van der Waals surface area contributed by atoms with E-state index in [2.05, 4.69) is 84.7 Å². The summed E-state index contributed by atoms with van der Waals surface area (Å²) < 4.78 is 0. The molecular weight excluding hydrogens is 266 g/mol. The molecule has 0 aliphatic carbocycles. The van der Waals surface area contributed by atoms with Gasteiger partial charge < -0.3 is 4.98 Å². The van der Waals surface area contributed by atoms with Crippen molar-refractivity contribution < 1.29 is 0 Å². The zero-order chi connectivity index (χ0) is 14.9. The predicted molar refractivity (Wildman–Crippen MR) is 93.9 cm³/mol. The lowest BCUT2D eigenvalue weighted by molar-refractivity contribution is 1.44. The molecule has 1 nitrogen and oxygen atoms in total. The maximum Gasteiger partial charge on any atom is 0.0464 e. The molecule has 22 heavy (non-hydrogen) atoms. The average Bonchev–Trinajstić information content (AvgIpc) is 2.99. The summed E-state index contributed by atoms with van der Waals surface area (Å²) in [6.45, 7) is 2.13. The minimum Gasteiger partial charge on any atom is -0.355 e. The van der Waals surface area contributed by atoms with E-state index in [-0.39, 0.29) is 0 Å². The van der Waals surface area contributed by atoms with Gasteiger partial charge in [-0.15, -0.1) is 0 Å². The molecule has 0 fully saturated rings. The monoisotopic (exact) mass is 283 g/mol. The molecule has 0 saturated carbocycles. The van der Waals surface area contributed by atoms with Gasteiger partial charge in [-0.2, -0.15) is 0 Å². The van der Waals surface area contributed by atoms with Crippen LogP contribution in [0.2, 0.25) is 0 Å². The van der Waals surface area contributed by atoms with Crippen LogP contribution in [0, 0.1) is 6.92 Å². The summed E-state index contributed by atoms with van der Waals surface area (Å²) >= 11 is 0. The van der Waals surface area contributed by atoms with Crippen LogP contribution < -0.4 is 0 Å². The first-order chi connectivity index (χ1) is 10.8. The maximum absolute atomic E-state index is 3.50. The molecule has 1 heterocycles. The Labute approximate surface area is 130 Å². The molecule has 0 spiro atoms. The fourth-order valence-electron chi connectivity index (χ4n) is 2.88. The van der Waals surface area contributed by atoms with Gasteiger partial charge in [-0.3, -0.25) is 0 Å². The van der Waals surface area contributed by atoms with Crippen molar-refractivity contribution in [3.63, 3.8) is 0 Å². The molecule has 0 atom stereocenters. The Bertz CT molecular complexity index is 915. The van der Waals surface area contributed by atoms with E-state index in [1.165, 1.54) is 38.9 Å². The van der Waals surface area contributed by atoms with Crippen molar-refractivity contribution in [3.8, 4) is 22.4 Å². The highest BCUT2D eigenvalue weighted by Gasteiger charge is 2.04. The number of rotatable bonds is 2. The van der Waals surface area contributed by atoms with E-state index in [1.807, 2.05) is 6.07 Å². The van der Waals surface area contributed by atoms with Gasteiger partial charge >= 0.3 is 0 Å². The molecule has 1 heteroatoms. The second-order valence-electron chi connectivity index (χ2n) is 5.72. The first-order valence-electron chi connectivity index (χ1n) is 7.55. The first kappa shape index (κ1) is 12.9. The molecule has 0 radical (unpaired) electrons. The highest BCUT2D eigenvalue weighted by Crippen LogP contribution is 2.27. The minimum absolute atomic E-state index is 1.17. The predicted octanol–water partition coefficient (Wildman–Crippen LogP) is 5.81. The zero-order valence-corrected chi connectivity index (χ0v) is 12.5. The summed E-state index contributed by atoms with van der Waals surface area (Å²) in [6.07, 6.45) is 0. The van der Waals surface area contributed by atoms with Gasteiger partial charge in [0.15, 0.2) is 0 Å². The highest BCUT2D eigenvalue weighted by atomic mass is 14.7. The highest BCUT2D eigenvalue weighted by molar-refractivity contribution is 5.86. The third-order valence-corrected chi connectivity index (χ3v) is 4.08. The molecule has 0 aliphatic rings. The molecule has 106 valence electrons. The molecule has 4 aromatic rings. The fourth-order valence-corrected chi connectivity index (χ4v) is 2.88. The van der Waals surface area contributed by atoms with E-state index in [0.29, 0.717) is 0 Å². The molecule has 0 saturated heterocycles. The Hall–Kier alpha value is -2.80. The molecule has 0 amide bonds. The van der Waals surface area contributed by atoms with Crippen molar-refractivity contribution in [1.29, 1.82) is 0 Å². The Kier molecular flexibility index (Phi) is 3.05. The van der Waals surface area contributed by atoms with E-state index in [4.69, 9.17) is 0 Å². The number of fused-ring (bicyclic) bond motifs is 1. The number of aryl methyl sites for hydroxylation is 1. The number of aromatic amines is 1. The molecule has 1 aromatic heterocycles. The number of H-pyrrole nitrogens is 1. The second kappa shape index (κ2) is 5.19. The van der Waals surface area contributed by atoms with Crippen molar-refractivity contribution in [2.24, 2.45) is 0 Å². The molecule has 3 aromatic carbocycles. The average molecular weight is 283 g/mol. The quantitative estimate of drug-likeness (QED) is 0.478. The van der Waals surface area contributed by atoms with Crippen LogP contribution in [0.1, 0.15) is 5.56 Å². The molecule has 0 bridgehead atoms. The second-order valence-corrected chi connectivity index (χ2v) is 5.72. The first-order valence-corrected chi connectivity index (χ1v) is 7.55.